The molecule has 0 aliphatic carbocycles. The second-order valence-corrected chi connectivity index (χ2v) is 10.3. The number of fused-ring (bicyclic) bond motifs is 1. The predicted octanol–water partition coefficient (Wildman–Crippen LogP) is 4.81. The molecule has 4 aromatic rings. The fraction of sp³-hybridized carbons (Fsp3) is 0.276. The maximum Gasteiger partial charge on any atom is 0.420 e. The van der Waals surface area contributed by atoms with Crippen LogP contribution in [0.4, 0.5) is 32.2 Å². The second kappa shape index (κ2) is 11.6. The van der Waals surface area contributed by atoms with Crippen LogP contribution in [0.2, 0.25) is 0 Å². The molecular weight excluding hydrogens is 596 g/mol. The lowest BCUT2D eigenvalue weighted by atomic mass is 10.0. The quantitative estimate of drug-likeness (QED) is 0.171. The zero-order chi connectivity index (χ0) is 31.9. The number of anilines is 1. The van der Waals surface area contributed by atoms with Crippen molar-refractivity contribution in [1.82, 2.24) is 20.2 Å². The molecule has 0 bridgehead atoms. The number of nitrogens with zero attached hydrogens (tertiary/aromatic N) is 3. The maximum absolute atomic E-state index is 14.0. The van der Waals surface area contributed by atoms with Crippen molar-refractivity contribution in [3.05, 3.63) is 83.4 Å². The summed E-state index contributed by atoms with van der Waals surface area (Å²) in [5.74, 6) is -0.147. The highest BCUT2D eigenvalue weighted by atomic mass is 19.4. The Morgan fingerprint density at radius 1 is 1.11 bits per heavy atom. The summed E-state index contributed by atoms with van der Waals surface area (Å²) in [4.78, 5) is 21.3. The molecule has 0 saturated carbocycles. The highest BCUT2D eigenvalue weighted by Crippen LogP contribution is 2.41. The molecule has 1 aromatic carbocycles. The molecule has 1 amide bonds. The number of likely N-dealkylation sites (tertiary alicyclic amines) is 1. The van der Waals surface area contributed by atoms with Crippen LogP contribution < -0.4 is 11.1 Å². The molecule has 232 valence electrons. The smallest absolute Gasteiger partial charge is 0.420 e. The number of halogens is 6. The molecule has 5 N–H and O–H groups in total. The second-order valence-electron chi connectivity index (χ2n) is 10.3. The van der Waals surface area contributed by atoms with Gasteiger partial charge in [0.1, 0.15) is 23.4 Å². The Labute approximate surface area is 245 Å². The molecule has 0 radical (unpaired) electrons. The van der Waals surface area contributed by atoms with E-state index in [9.17, 15) is 41.4 Å². The van der Waals surface area contributed by atoms with E-state index in [-0.39, 0.29) is 41.1 Å². The van der Waals surface area contributed by atoms with E-state index in [1.54, 1.807) is 12.1 Å². The van der Waals surface area contributed by atoms with Gasteiger partial charge in [-0.3, -0.25) is 14.7 Å². The standard InChI is InChI=1S/C29H25F6N5O4/c30-28(31,32)21-11-18(22-4-3-17(13-37-22)26(42)40-8-7-27(43,15-40)29(33,34)35)9-19-10-20(44-25(19)21)14-39-24(41)6-2-16-1-5-23(36)38-12-16/h1-6,9-13,26,42-43H,7-8,14-15H2,(H2,36,38)(H,39,41)/b6-2+. The first-order valence-corrected chi connectivity index (χ1v) is 13.1. The van der Waals surface area contributed by atoms with Crippen molar-refractivity contribution >= 4 is 28.8 Å². The molecule has 1 saturated heterocycles. The van der Waals surface area contributed by atoms with Gasteiger partial charge in [-0.15, -0.1) is 0 Å². The number of nitrogen functional groups attached to an aromatic ring is 1. The van der Waals surface area contributed by atoms with Gasteiger partial charge in [0.2, 0.25) is 5.91 Å². The van der Waals surface area contributed by atoms with Gasteiger partial charge >= 0.3 is 12.4 Å². The van der Waals surface area contributed by atoms with Crippen LogP contribution in [0.5, 0.6) is 0 Å². The molecule has 44 heavy (non-hydrogen) atoms. The Hall–Kier alpha value is -4.47. The number of alkyl halides is 6. The first-order valence-electron chi connectivity index (χ1n) is 13.1. The highest BCUT2D eigenvalue weighted by molar-refractivity contribution is 5.92. The van der Waals surface area contributed by atoms with Gasteiger partial charge in [-0.25, -0.2) is 4.98 Å². The SMILES string of the molecule is Nc1ccc(/C=C/C(=O)NCc2cc3cc(-c4ccc(C(O)N5CCC(O)(C(F)(F)F)C5)cn4)cc(C(F)(F)F)c3o2)cn1. The molecule has 2 unspecified atom stereocenters. The average Bonchev–Trinajstić information content (AvgIpc) is 3.58. The number of hydrogen-bond acceptors (Lipinski definition) is 8. The number of aliphatic hydroxyl groups is 2. The minimum atomic E-state index is -4.87. The number of carbonyl (C=O) groups is 1. The lowest BCUT2D eigenvalue weighted by Crippen LogP contribution is -2.47. The fourth-order valence-corrected chi connectivity index (χ4v) is 4.77. The van der Waals surface area contributed by atoms with Crippen molar-refractivity contribution in [3.8, 4) is 11.3 Å². The Morgan fingerprint density at radius 2 is 1.89 bits per heavy atom. The van der Waals surface area contributed by atoms with Gasteiger partial charge in [0, 0.05) is 48.1 Å². The minimum absolute atomic E-state index is 0.0643. The van der Waals surface area contributed by atoms with Crippen LogP contribution in [-0.2, 0) is 17.5 Å². The van der Waals surface area contributed by atoms with Crippen molar-refractivity contribution in [2.24, 2.45) is 0 Å². The summed E-state index contributed by atoms with van der Waals surface area (Å²) in [5.41, 5.74) is 1.92. The molecule has 1 fully saturated rings. The van der Waals surface area contributed by atoms with Gasteiger partial charge in [-0.2, -0.15) is 26.3 Å². The third-order valence-corrected chi connectivity index (χ3v) is 7.18. The molecule has 3 aromatic heterocycles. The van der Waals surface area contributed by atoms with Crippen molar-refractivity contribution in [2.75, 3.05) is 18.8 Å². The van der Waals surface area contributed by atoms with Gasteiger partial charge in [-0.05, 0) is 54.5 Å². The zero-order valence-electron chi connectivity index (χ0n) is 22.7. The molecule has 15 heteroatoms. The van der Waals surface area contributed by atoms with E-state index in [2.05, 4.69) is 15.3 Å². The number of aromatic nitrogens is 2. The Morgan fingerprint density at radius 3 is 2.50 bits per heavy atom. The van der Waals surface area contributed by atoms with Crippen LogP contribution in [0.3, 0.4) is 0 Å². The van der Waals surface area contributed by atoms with Crippen LogP contribution in [0.1, 0.15) is 35.1 Å². The number of nitrogens with two attached hydrogens (primary N) is 1. The van der Waals surface area contributed by atoms with E-state index in [1.165, 1.54) is 42.6 Å². The average molecular weight is 622 g/mol. The largest absolute Gasteiger partial charge is 0.459 e. The van der Waals surface area contributed by atoms with E-state index >= 15 is 0 Å². The van der Waals surface area contributed by atoms with E-state index in [1.807, 2.05) is 0 Å². The summed E-state index contributed by atoms with van der Waals surface area (Å²) in [6.07, 6.45) is -6.50. The summed E-state index contributed by atoms with van der Waals surface area (Å²) >= 11 is 0. The summed E-state index contributed by atoms with van der Waals surface area (Å²) in [6, 6.07) is 9.49. The van der Waals surface area contributed by atoms with E-state index in [0.29, 0.717) is 11.4 Å². The summed E-state index contributed by atoms with van der Waals surface area (Å²) in [7, 11) is 0. The minimum Gasteiger partial charge on any atom is -0.459 e. The molecule has 5 rings (SSSR count). The Balaban J connectivity index is 1.33. The number of furan rings is 1. The number of benzene rings is 1. The van der Waals surface area contributed by atoms with Gasteiger partial charge in [0.05, 0.1) is 17.8 Å². The third kappa shape index (κ3) is 6.54. The Bertz CT molecular complexity index is 1690. The van der Waals surface area contributed by atoms with Crippen molar-refractivity contribution in [1.29, 1.82) is 0 Å². The number of aliphatic hydroxyl groups excluding tert-OH is 1. The molecule has 1 aliphatic rings. The van der Waals surface area contributed by atoms with Gasteiger partial charge in [0.15, 0.2) is 5.60 Å². The molecule has 9 nitrogen and oxygen atoms in total. The predicted molar refractivity (Wildman–Crippen MR) is 146 cm³/mol. The Kier molecular flexibility index (Phi) is 8.13. The first kappa shape index (κ1) is 31.0. The summed E-state index contributed by atoms with van der Waals surface area (Å²) in [6.45, 7) is -1.27. The number of β-amino-alcohol motifs (C(OH)–C–C–N with tert-alkyl or cyclic N) is 1. The van der Waals surface area contributed by atoms with E-state index < -0.39 is 54.2 Å². The van der Waals surface area contributed by atoms with Crippen LogP contribution in [0.25, 0.3) is 28.3 Å². The number of amides is 1. The van der Waals surface area contributed by atoms with Crippen LogP contribution in [0.15, 0.2) is 65.4 Å². The monoisotopic (exact) mass is 621 g/mol. The maximum atomic E-state index is 14.0. The topological polar surface area (TPSA) is 138 Å². The van der Waals surface area contributed by atoms with Crippen molar-refractivity contribution in [2.45, 2.75) is 37.1 Å². The lowest BCUT2D eigenvalue weighted by molar-refractivity contribution is -0.255. The molecular formula is C29H25F6N5O4. The molecule has 1 aliphatic heterocycles. The van der Waals surface area contributed by atoms with Gasteiger partial charge < -0.3 is 25.7 Å². The summed E-state index contributed by atoms with van der Waals surface area (Å²) < 4.78 is 86.9. The number of nitrogens with one attached hydrogen (secondary N) is 1. The fourth-order valence-electron chi connectivity index (χ4n) is 4.77. The summed E-state index contributed by atoms with van der Waals surface area (Å²) in [5, 5.41) is 23.1. The molecule has 0 spiro atoms. The van der Waals surface area contributed by atoms with Crippen molar-refractivity contribution in [3.63, 3.8) is 0 Å². The number of hydrogen-bond donors (Lipinski definition) is 4. The number of pyridine rings is 2. The van der Waals surface area contributed by atoms with Crippen LogP contribution in [0, 0.1) is 0 Å². The lowest BCUT2D eigenvalue weighted by Gasteiger charge is -2.28. The molecule has 2 atom stereocenters. The molecule has 4 heterocycles. The van der Waals surface area contributed by atoms with Crippen LogP contribution >= 0.6 is 0 Å². The number of rotatable bonds is 7. The van der Waals surface area contributed by atoms with E-state index in [0.717, 1.165) is 17.2 Å². The van der Waals surface area contributed by atoms with E-state index in [4.69, 9.17) is 10.2 Å². The van der Waals surface area contributed by atoms with Gasteiger partial charge in [-0.1, -0.05) is 6.07 Å². The highest BCUT2D eigenvalue weighted by Gasteiger charge is 2.57. The van der Waals surface area contributed by atoms with Crippen molar-refractivity contribution < 1.29 is 45.8 Å². The third-order valence-electron chi connectivity index (χ3n) is 7.18. The van der Waals surface area contributed by atoms with Crippen LogP contribution in [-0.4, -0.2) is 55.9 Å². The van der Waals surface area contributed by atoms with Gasteiger partial charge in [0.25, 0.3) is 0 Å². The zero-order valence-corrected chi connectivity index (χ0v) is 22.7. The normalized spacial score (nSPS) is 18.7. The first-order chi connectivity index (χ1) is 20.6. The number of carbonyl (C=O) groups excluding carboxylic acids is 1.